The van der Waals surface area contributed by atoms with Crippen LogP contribution in [0.2, 0.25) is 0 Å². The van der Waals surface area contributed by atoms with Gasteiger partial charge in [-0.3, -0.25) is 14.9 Å². The van der Waals surface area contributed by atoms with Crippen LogP contribution in [0.15, 0.2) is 24.3 Å². The van der Waals surface area contributed by atoms with Crippen LogP contribution in [0.5, 0.6) is 0 Å². The number of hydrogen-bond acceptors (Lipinski definition) is 4. The normalized spacial score (nSPS) is 18.6. The Bertz CT molecular complexity index is 545. The van der Waals surface area contributed by atoms with Crippen molar-refractivity contribution < 1.29 is 9.72 Å². The fourth-order valence-corrected chi connectivity index (χ4v) is 3.02. The van der Waals surface area contributed by atoms with Crippen molar-refractivity contribution in [1.29, 1.82) is 0 Å². The quantitative estimate of drug-likeness (QED) is 0.597. The van der Waals surface area contributed by atoms with Crippen molar-refractivity contribution in [3.05, 3.63) is 39.9 Å². The van der Waals surface area contributed by atoms with E-state index < -0.39 is 4.92 Å². The summed E-state index contributed by atoms with van der Waals surface area (Å²) >= 11 is 0. The molecule has 0 unspecified atom stereocenters. The van der Waals surface area contributed by atoms with Crippen molar-refractivity contribution in [2.24, 2.45) is 0 Å². The lowest BCUT2D eigenvalue weighted by Crippen LogP contribution is -2.39. The lowest BCUT2D eigenvalue weighted by molar-refractivity contribution is -0.384. The number of piperidine rings is 1. The maximum atomic E-state index is 12.3. The number of non-ortho nitro benzene ring substituents is 1. The molecule has 0 radical (unpaired) electrons. The zero-order valence-corrected chi connectivity index (χ0v) is 13.9. The number of likely N-dealkylation sites (N-methyl/N-ethyl adjacent to an activating group) is 1. The zero-order chi connectivity index (χ0) is 16.8. The maximum Gasteiger partial charge on any atom is 0.269 e. The Hall–Kier alpha value is -1.95. The van der Waals surface area contributed by atoms with E-state index in [1.165, 1.54) is 31.4 Å². The first-order chi connectivity index (χ1) is 11.0. The number of rotatable bonds is 6. The molecule has 0 aliphatic carbocycles. The molecule has 23 heavy (non-hydrogen) atoms. The highest BCUT2D eigenvalue weighted by Gasteiger charge is 2.20. The molecule has 126 valence electrons. The average molecular weight is 319 g/mol. The van der Waals surface area contributed by atoms with Crippen LogP contribution in [0.1, 0.15) is 31.2 Å². The summed E-state index contributed by atoms with van der Waals surface area (Å²) in [5.41, 5.74) is 0.858. The van der Waals surface area contributed by atoms with Crippen LogP contribution in [0, 0.1) is 10.1 Å². The van der Waals surface area contributed by atoms with Crippen LogP contribution < -0.4 is 0 Å². The minimum Gasteiger partial charge on any atom is -0.345 e. The molecule has 1 aliphatic heterocycles. The molecule has 0 aromatic heterocycles. The smallest absolute Gasteiger partial charge is 0.269 e. The van der Waals surface area contributed by atoms with E-state index in [9.17, 15) is 14.9 Å². The summed E-state index contributed by atoms with van der Waals surface area (Å²) in [5.74, 6) is 0.0531. The summed E-state index contributed by atoms with van der Waals surface area (Å²) in [5, 5.41) is 10.6. The van der Waals surface area contributed by atoms with Gasteiger partial charge < -0.3 is 9.80 Å². The Kier molecular flexibility index (Phi) is 6.10. The molecule has 6 heteroatoms. The fourth-order valence-electron chi connectivity index (χ4n) is 3.02. The van der Waals surface area contributed by atoms with Crippen molar-refractivity contribution >= 4 is 11.6 Å². The van der Waals surface area contributed by atoms with Crippen LogP contribution in [-0.4, -0.2) is 53.9 Å². The lowest BCUT2D eigenvalue weighted by Gasteiger charge is -2.33. The molecule has 1 aromatic carbocycles. The molecule has 0 spiro atoms. The van der Waals surface area contributed by atoms with E-state index in [2.05, 4.69) is 11.9 Å². The van der Waals surface area contributed by atoms with Gasteiger partial charge in [0.15, 0.2) is 0 Å². The van der Waals surface area contributed by atoms with Gasteiger partial charge in [0.1, 0.15) is 0 Å². The standard InChI is InChI=1S/C17H25N3O3/c1-18-11-4-3-5-15(18)10-12-19(2)17(21)13-14-6-8-16(9-7-14)20(22)23/h6-9,15H,3-5,10-13H2,1-2H3/t15-/m0/s1. The van der Waals surface area contributed by atoms with E-state index in [1.54, 1.807) is 17.0 Å². The third-order valence-electron chi connectivity index (χ3n) is 4.65. The van der Waals surface area contributed by atoms with Crippen LogP contribution in [0.25, 0.3) is 0 Å². The summed E-state index contributed by atoms with van der Waals surface area (Å²) < 4.78 is 0. The molecular formula is C17H25N3O3. The van der Waals surface area contributed by atoms with E-state index in [1.807, 2.05) is 7.05 Å². The van der Waals surface area contributed by atoms with E-state index in [0.717, 1.165) is 25.1 Å². The van der Waals surface area contributed by atoms with E-state index in [-0.39, 0.29) is 18.0 Å². The largest absolute Gasteiger partial charge is 0.345 e. The van der Waals surface area contributed by atoms with Crippen LogP contribution in [-0.2, 0) is 11.2 Å². The topological polar surface area (TPSA) is 66.7 Å². The van der Waals surface area contributed by atoms with Gasteiger partial charge in [0, 0.05) is 31.8 Å². The van der Waals surface area contributed by atoms with E-state index in [4.69, 9.17) is 0 Å². The van der Waals surface area contributed by atoms with Crippen molar-refractivity contribution in [3.63, 3.8) is 0 Å². The molecule has 1 aliphatic rings. The highest BCUT2D eigenvalue weighted by atomic mass is 16.6. The van der Waals surface area contributed by atoms with Crippen LogP contribution in [0.3, 0.4) is 0 Å². The van der Waals surface area contributed by atoms with E-state index in [0.29, 0.717) is 6.04 Å². The fraction of sp³-hybridized carbons (Fsp3) is 0.588. The van der Waals surface area contributed by atoms with Crippen LogP contribution >= 0.6 is 0 Å². The predicted molar refractivity (Wildman–Crippen MR) is 89.3 cm³/mol. The molecule has 1 saturated heterocycles. The van der Waals surface area contributed by atoms with Crippen molar-refractivity contribution in [2.75, 3.05) is 27.2 Å². The number of likely N-dealkylation sites (tertiary alicyclic amines) is 1. The molecule has 1 fully saturated rings. The summed E-state index contributed by atoms with van der Waals surface area (Å²) in [7, 11) is 3.99. The number of nitro benzene ring substituents is 1. The zero-order valence-electron chi connectivity index (χ0n) is 13.9. The summed E-state index contributed by atoms with van der Waals surface area (Å²) in [6.07, 6.45) is 5.03. The third-order valence-corrected chi connectivity index (χ3v) is 4.65. The number of nitrogens with zero attached hydrogens (tertiary/aromatic N) is 3. The minimum atomic E-state index is -0.432. The number of amides is 1. The van der Waals surface area contributed by atoms with Gasteiger partial charge in [0.25, 0.3) is 5.69 Å². The van der Waals surface area contributed by atoms with Gasteiger partial charge in [-0.15, -0.1) is 0 Å². The Morgan fingerprint density at radius 3 is 2.65 bits per heavy atom. The van der Waals surface area contributed by atoms with Gasteiger partial charge in [-0.05, 0) is 38.4 Å². The first kappa shape index (κ1) is 17.4. The number of carbonyl (C=O) groups excluding carboxylic acids is 1. The van der Waals surface area contributed by atoms with Gasteiger partial charge in [-0.2, -0.15) is 0 Å². The second kappa shape index (κ2) is 8.06. The molecule has 1 aromatic rings. The van der Waals surface area contributed by atoms with Gasteiger partial charge in [0.2, 0.25) is 5.91 Å². The highest BCUT2D eigenvalue weighted by Crippen LogP contribution is 2.18. The first-order valence-electron chi connectivity index (χ1n) is 8.15. The SMILES string of the molecule is CN(CC[C@@H]1CCCCN1C)C(=O)Cc1ccc([N+](=O)[O-])cc1. The summed E-state index contributed by atoms with van der Waals surface area (Å²) in [6, 6.07) is 6.76. The van der Waals surface area contributed by atoms with Gasteiger partial charge in [-0.1, -0.05) is 18.6 Å². The van der Waals surface area contributed by atoms with Gasteiger partial charge in [-0.25, -0.2) is 0 Å². The Labute approximate surface area is 137 Å². The molecule has 0 saturated carbocycles. The molecular weight excluding hydrogens is 294 g/mol. The second-order valence-electron chi connectivity index (χ2n) is 6.33. The molecule has 2 rings (SSSR count). The average Bonchev–Trinajstić information content (AvgIpc) is 2.54. The number of carbonyl (C=O) groups is 1. The summed E-state index contributed by atoms with van der Waals surface area (Å²) in [4.78, 5) is 26.6. The number of nitro groups is 1. The number of benzene rings is 1. The summed E-state index contributed by atoms with van der Waals surface area (Å²) in [6.45, 7) is 1.89. The lowest BCUT2D eigenvalue weighted by atomic mass is 10.00. The van der Waals surface area contributed by atoms with Crippen molar-refractivity contribution in [2.45, 2.75) is 38.1 Å². The first-order valence-corrected chi connectivity index (χ1v) is 8.15. The predicted octanol–water partition coefficient (Wildman–Crippen LogP) is 2.47. The molecule has 1 atom stereocenters. The van der Waals surface area contributed by atoms with Gasteiger partial charge >= 0.3 is 0 Å². The second-order valence-corrected chi connectivity index (χ2v) is 6.33. The van der Waals surface area contributed by atoms with Crippen LogP contribution in [0.4, 0.5) is 5.69 Å². The molecule has 0 bridgehead atoms. The molecule has 0 N–H and O–H groups in total. The maximum absolute atomic E-state index is 12.3. The molecule has 1 heterocycles. The van der Waals surface area contributed by atoms with Crippen molar-refractivity contribution in [3.8, 4) is 0 Å². The third kappa shape index (κ3) is 5.03. The van der Waals surface area contributed by atoms with E-state index >= 15 is 0 Å². The Morgan fingerprint density at radius 2 is 2.04 bits per heavy atom. The Morgan fingerprint density at radius 1 is 1.35 bits per heavy atom. The highest BCUT2D eigenvalue weighted by molar-refractivity contribution is 5.78. The van der Waals surface area contributed by atoms with Gasteiger partial charge in [0.05, 0.1) is 11.3 Å². The number of hydrogen-bond donors (Lipinski definition) is 0. The van der Waals surface area contributed by atoms with Crippen molar-refractivity contribution in [1.82, 2.24) is 9.80 Å². The monoisotopic (exact) mass is 319 g/mol. The Balaban J connectivity index is 1.81. The molecule has 6 nitrogen and oxygen atoms in total. The minimum absolute atomic E-state index is 0.0508. The molecule has 1 amide bonds.